The van der Waals surface area contributed by atoms with Crippen molar-refractivity contribution >= 4 is 10.9 Å². The van der Waals surface area contributed by atoms with Gasteiger partial charge in [0.15, 0.2) is 11.6 Å². The monoisotopic (exact) mass is 337 g/mol. The molecule has 24 heavy (non-hydrogen) atoms. The van der Waals surface area contributed by atoms with Crippen molar-refractivity contribution in [2.75, 3.05) is 0 Å². The SMILES string of the molecule is C[C@H](N)c1nc2ccc(F)c(F)c2c(=O)n1-c1cc(F)cc(F)c1. The fourth-order valence-electron chi connectivity index (χ4n) is 2.45. The molecule has 0 aliphatic rings. The van der Waals surface area contributed by atoms with Gasteiger partial charge in [-0.2, -0.15) is 0 Å². The number of nitrogens with zero attached hydrogens (tertiary/aromatic N) is 2. The van der Waals surface area contributed by atoms with E-state index in [-0.39, 0.29) is 17.0 Å². The highest BCUT2D eigenvalue weighted by atomic mass is 19.2. The van der Waals surface area contributed by atoms with E-state index in [0.29, 0.717) is 6.07 Å². The third-order valence-electron chi connectivity index (χ3n) is 3.47. The standard InChI is InChI=1S/C16H11F4N3O/c1-7(21)15-22-12-3-2-11(19)14(20)13(12)16(24)23(15)10-5-8(17)4-9(18)6-10/h2-7H,21H2,1H3/t7-/m0/s1. The highest BCUT2D eigenvalue weighted by molar-refractivity contribution is 5.79. The van der Waals surface area contributed by atoms with E-state index < -0.39 is 40.3 Å². The Labute approximate surface area is 133 Å². The Morgan fingerprint density at radius 2 is 1.71 bits per heavy atom. The van der Waals surface area contributed by atoms with Gasteiger partial charge in [-0.3, -0.25) is 9.36 Å². The smallest absolute Gasteiger partial charge is 0.269 e. The number of halogens is 4. The Balaban J connectivity index is 2.49. The van der Waals surface area contributed by atoms with Gasteiger partial charge in [-0.05, 0) is 31.2 Å². The van der Waals surface area contributed by atoms with Crippen LogP contribution in [0.2, 0.25) is 0 Å². The average molecular weight is 337 g/mol. The summed E-state index contributed by atoms with van der Waals surface area (Å²) in [5, 5.41) is -0.621. The normalized spacial score (nSPS) is 12.6. The molecule has 2 aromatic carbocycles. The molecule has 0 saturated heterocycles. The van der Waals surface area contributed by atoms with Gasteiger partial charge in [0.1, 0.15) is 22.8 Å². The zero-order valence-electron chi connectivity index (χ0n) is 12.4. The fraction of sp³-hybridized carbons (Fsp3) is 0.125. The maximum absolute atomic E-state index is 14.0. The number of aromatic nitrogens is 2. The molecule has 3 rings (SSSR count). The summed E-state index contributed by atoms with van der Waals surface area (Å²) in [6, 6.07) is 3.54. The average Bonchev–Trinajstić information content (AvgIpc) is 2.49. The Bertz CT molecular complexity index is 994. The second-order valence-electron chi connectivity index (χ2n) is 5.28. The molecule has 124 valence electrons. The van der Waals surface area contributed by atoms with Crippen LogP contribution in [0, 0.1) is 23.3 Å². The van der Waals surface area contributed by atoms with Crippen molar-refractivity contribution in [3.63, 3.8) is 0 Å². The first-order valence-corrected chi connectivity index (χ1v) is 6.92. The van der Waals surface area contributed by atoms with Crippen LogP contribution < -0.4 is 11.3 Å². The maximum Gasteiger partial charge on any atom is 0.269 e. The molecule has 0 unspecified atom stereocenters. The first-order valence-electron chi connectivity index (χ1n) is 6.92. The Morgan fingerprint density at radius 3 is 2.29 bits per heavy atom. The second kappa shape index (κ2) is 5.72. The lowest BCUT2D eigenvalue weighted by molar-refractivity contribution is 0.515. The van der Waals surface area contributed by atoms with Crippen LogP contribution in [0.3, 0.4) is 0 Å². The summed E-state index contributed by atoms with van der Waals surface area (Å²) < 4.78 is 55.3. The molecule has 0 aliphatic carbocycles. The summed E-state index contributed by atoms with van der Waals surface area (Å²) in [6.45, 7) is 1.50. The molecule has 0 bridgehead atoms. The molecule has 3 aromatic rings. The molecule has 1 atom stereocenters. The molecule has 0 aliphatic heterocycles. The summed E-state index contributed by atoms with van der Waals surface area (Å²) in [4.78, 5) is 16.7. The zero-order valence-corrected chi connectivity index (χ0v) is 12.4. The number of hydrogen-bond acceptors (Lipinski definition) is 3. The lowest BCUT2D eigenvalue weighted by Gasteiger charge is -2.16. The van der Waals surface area contributed by atoms with E-state index in [1.165, 1.54) is 6.92 Å². The zero-order chi connectivity index (χ0) is 17.6. The molecular formula is C16H11F4N3O. The van der Waals surface area contributed by atoms with Gasteiger partial charge in [0.25, 0.3) is 5.56 Å². The maximum atomic E-state index is 14.0. The van der Waals surface area contributed by atoms with Crippen molar-refractivity contribution in [1.29, 1.82) is 0 Å². The molecular weight excluding hydrogens is 326 g/mol. The van der Waals surface area contributed by atoms with Crippen LogP contribution in [0.25, 0.3) is 16.6 Å². The van der Waals surface area contributed by atoms with Crippen molar-refractivity contribution in [3.05, 3.63) is 69.8 Å². The van der Waals surface area contributed by atoms with Gasteiger partial charge in [0.05, 0.1) is 17.2 Å². The van der Waals surface area contributed by atoms with E-state index in [4.69, 9.17) is 5.73 Å². The quantitative estimate of drug-likeness (QED) is 0.732. The second-order valence-corrected chi connectivity index (χ2v) is 5.28. The molecule has 0 fully saturated rings. The van der Waals surface area contributed by atoms with Crippen LogP contribution in [-0.2, 0) is 0 Å². The summed E-state index contributed by atoms with van der Waals surface area (Å²) >= 11 is 0. The predicted octanol–water partition coefficient (Wildman–Crippen LogP) is 2.96. The summed E-state index contributed by atoms with van der Waals surface area (Å²) in [7, 11) is 0. The van der Waals surface area contributed by atoms with Gasteiger partial charge in [0, 0.05) is 6.07 Å². The highest BCUT2D eigenvalue weighted by Crippen LogP contribution is 2.21. The Morgan fingerprint density at radius 1 is 1.08 bits per heavy atom. The molecule has 0 spiro atoms. The van der Waals surface area contributed by atoms with Crippen molar-refractivity contribution in [2.24, 2.45) is 5.73 Å². The fourth-order valence-corrected chi connectivity index (χ4v) is 2.45. The highest BCUT2D eigenvalue weighted by Gasteiger charge is 2.20. The van der Waals surface area contributed by atoms with Gasteiger partial charge in [0.2, 0.25) is 0 Å². The largest absolute Gasteiger partial charge is 0.322 e. The minimum absolute atomic E-state index is 0.0384. The molecule has 0 saturated carbocycles. The third kappa shape index (κ3) is 2.54. The third-order valence-corrected chi connectivity index (χ3v) is 3.47. The number of hydrogen-bond donors (Lipinski definition) is 1. The number of benzene rings is 2. The van der Waals surface area contributed by atoms with Crippen LogP contribution in [0.1, 0.15) is 18.8 Å². The van der Waals surface area contributed by atoms with Crippen molar-refractivity contribution in [3.8, 4) is 5.69 Å². The van der Waals surface area contributed by atoms with E-state index in [2.05, 4.69) is 4.98 Å². The first-order chi connectivity index (χ1) is 11.3. The van der Waals surface area contributed by atoms with Crippen LogP contribution in [0.4, 0.5) is 17.6 Å². The van der Waals surface area contributed by atoms with Gasteiger partial charge in [-0.25, -0.2) is 22.5 Å². The van der Waals surface area contributed by atoms with Gasteiger partial charge in [-0.15, -0.1) is 0 Å². The van der Waals surface area contributed by atoms with E-state index >= 15 is 0 Å². The van der Waals surface area contributed by atoms with Crippen LogP contribution >= 0.6 is 0 Å². The first kappa shape index (κ1) is 16.1. The molecule has 2 N–H and O–H groups in total. The minimum Gasteiger partial charge on any atom is -0.322 e. The summed E-state index contributed by atoms with van der Waals surface area (Å²) in [5.41, 5.74) is 4.46. The summed E-state index contributed by atoms with van der Waals surface area (Å²) in [5.74, 6) is -4.53. The van der Waals surface area contributed by atoms with Gasteiger partial charge in [-0.1, -0.05) is 0 Å². The van der Waals surface area contributed by atoms with Crippen LogP contribution in [0.5, 0.6) is 0 Å². The van der Waals surface area contributed by atoms with E-state index in [1.54, 1.807) is 0 Å². The molecule has 4 nitrogen and oxygen atoms in total. The number of nitrogens with two attached hydrogens (primary N) is 1. The van der Waals surface area contributed by atoms with E-state index in [1.807, 2.05) is 0 Å². The number of rotatable bonds is 2. The molecule has 1 aromatic heterocycles. The lowest BCUT2D eigenvalue weighted by Crippen LogP contribution is -2.28. The molecule has 0 amide bonds. The van der Waals surface area contributed by atoms with Crippen molar-refractivity contribution < 1.29 is 17.6 Å². The van der Waals surface area contributed by atoms with Gasteiger partial charge < -0.3 is 5.73 Å². The Kier molecular flexibility index (Phi) is 3.84. The molecule has 8 heteroatoms. The lowest BCUT2D eigenvalue weighted by atomic mass is 10.2. The van der Waals surface area contributed by atoms with E-state index in [0.717, 1.165) is 28.8 Å². The molecule has 0 radical (unpaired) electrons. The van der Waals surface area contributed by atoms with Crippen LogP contribution in [-0.4, -0.2) is 9.55 Å². The predicted molar refractivity (Wildman–Crippen MR) is 79.8 cm³/mol. The van der Waals surface area contributed by atoms with Crippen molar-refractivity contribution in [2.45, 2.75) is 13.0 Å². The summed E-state index contributed by atoms with van der Waals surface area (Å²) in [6.07, 6.45) is 0. The van der Waals surface area contributed by atoms with Crippen molar-refractivity contribution in [1.82, 2.24) is 9.55 Å². The van der Waals surface area contributed by atoms with E-state index in [9.17, 15) is 22.4 Å². The Hall–Kier alpha value is -2.74. The molecule has 1 heterocycles. The minimum atomic E-state index is -1.38. The number of fused-ring (bicyclic) bond motifs is 1. The topological polar surface area (TPSA) is 60.9 Å². The van der Waals surface area contributed by atoms with Gasteiger partial charge >= 0.3 is 0 Å². The van der Waals surface area contributed by atoms with Crippen LogP contribution in [0.15, 0.2) is 35.1 Å².